The minimum Gasteiger partial charge on any atom is -0.375 e. The number of nitrogens with zero attached hydrogens (tertiary/aromatic N) is 2. The second-order valence-electron chi connectivity index (χ2n) is 6.52. The van der Waals surface area contributed by atoms with Crippen LogP contribution in [0.5, 0.6) is 0 Å². The van der Waals surface area contributed by atoms with E-state index < -0.39 is 10.2 Å². The van der Waals surface area contributed by atoms with E-state index in [-0.39, 0.29) is 6.10 Å². The molecule has 2 fully saturated rings. The highest BCUT2D eigenvalue weighted by Crippen LogP contribution is 2.14. The third kappa shape index (κ3) is 5.00. The molecule has 0 aromatic heterocycles. The molecule has 6 nitrogen and oxygen atoms in total. The Kier molecular flexibility index (Phi) is 6.24. The van der Waals surface area contributed by atoms with Gasteiger partial charge in [-0.15, -0.1) is 0 Å². The van der Waals surface area contributed by atoms with Gasteiger partial charge in [-0.3, -0.25) is 0 Å². The highest BCUT2D eigenvalue weighted by Gasteiger charge is 2.29. The molecular weight excluding hydrogens is 326 g/mol. The number of rotatable bonds is 6. The van der Waals surface area contributed by atoms with E-state index in [1.807, 2.05) is 30.3 Å². The van der Waals surface area contributed by atoms with Crippen molar-refractivity contribution in [2.45, 2.75) is 31.9 Å². The first-order valence-electron chi connectivity index (χ1n) is 8.76. The van der Waals surface area contributed by atoms with Crippen molar-refractivity contribution in [1.82, 2.24) is 13.9 Å². The molecule has 1 N–H and O–H groups in total. The van der Waals surface area contributed by atoms with E-state index >= 15 is 0 Å². The first-order valence-corrected chi connectivity index (χ1v) is 10.2. The minimum atomic E-state index is -3.49. The number of hydrogen-bond donors (Lipinski definition) is 1. The van der Waals surface area contributed by atoms with E-state index in [9.17, 15) is 8.42 Å². The summed E-state index contributed by atoms with van der Waals surface area (Å²) < 4.78 is 35.4. The average molecular weight is 353 g/mol. The van der Waals surface area contributed by atoms with Crippen LogP contribution in [0.3, 0.4) is 0 Å². The molecule has 2 saturated heterocycles. The van der Waals surface area contributed by atoms with E-state index in [2.05, 4.69) is 9.62 Å². The van der Waals surface area contributed by atoms with E-state index in [0.717, 1.165) is 31.6 Å². The molecule has 1 atom stereocenters. The van der Waals surface area contributed by atoms with Gasteiger partial charge in [0.05, 0.1) is 6.10 Å². The summed E-state index contributed by atoms with van der Waals surface area (Å²) in [7, 11) is -3.49. The van der Waals surface area contributed by atoms with Crippen LogP contribution in [-0.4, -0.2) is 63.1 Å². The van der Waals surface area contributed by atoms with Crippen molar-refractivity contribution >= 4 is 10.2 Å². The Hall–Kier alpha value is -0.990. The van der Waals surface area contributed by atoms with Gasteiger partial charge < -0.3 is 9.64 Å². The third-order valence-corrected chi connectivity index (χ3v) is 6.14. The number of ether oxygens (including phenoxy) is 1. The van der Waals surface area contributed by atoms with Crippen molar-refractivity contribution in [3.63, 3.8) is 0 Å². The Morgan fingerprint density at radius 3 is 2.58 bits per heavy atom. The largest absolute Gasteiger partial charge is 0.375 e. The molecule has 0 unspecified atom stereocenters. The molecule has 2 heterocycles. The number of likely N-dealkylation sites (tertiary alicyclic amines) is 1. The Bertz CT molecular complexity index is 603. The summed E-state index contributed by atoms with van der Waals surface area (Å²) in [6.45, 7) is 4.91. The standard InChI is InChI=1S/C17H27N3O3S/c21-24(22,18-13-16-7-2-1-3-8-16)20-11-6-12-23-17(15-20)14-19-9-4-5-10-19/h1-3,7-8,17-18H,4-6,9-15H2/t17-/m0/s1. The predicted octanol–water partition coefficient (Wildman–Crippen LogP) is 1.21. The molecule has 0 spiro atoms. The fourth-order valence-corrected chi connectivity index (χ4v) is 4.57. The topological polar surface area (TPSA) is 61.9 Å². The number of benzene rings is 1. The van der Waals surface area contributed by atoms with Crippen LogP contribution in [0.25, 0.3) is 0 Å². The van der Waals surface area contributed by atoms with Crippen LogP contribution >= 0.6 is 0 Å². The molecule has 0 saturated carbocycles. The van der Waals surface area contributed by atoms with Gasteiger partial charge in [-0.25, -0.2) is 0 Å². The maximum Gasteiger partial charge on any atom is 0.279 e. The van der Waals surface area contributed by atoms with Crippen LogP contribution in [0.4, 0.5) is 0 Å². The molecule has 0 radical (unpaired) electrons. The van der Waals surface area contributed by atoms with Crippen LogP contribution in [0, 0.1) is 0 Å². The van der Waals surface area contributed by atoms with Gasteiger partial charge >= 0.3 is 0 Å². The molecule has 7 heteroatoms. The lowest BCUT2D eigenvalue weighted by Gasteiger charge is -2.26. The predicted molar refractivity (Wildman–Crippen MR) is 93.8 cm³/mol. The summed E-state index contributed by atoms with van der Waals surface area (Å²) in [5.41, 5.74) is 0.959. The number of nitrogens with one attached hydrogen (secondary N) is 1. The molecule has 134 valence electrons. The zero-order chi connectivity index (χ0) is 16.8. The van der Waals surface area contributed by atoms with Crippen molar-refractivity contribution in [3.8, 4) is 0 Å². The van der Waals surface area contributed by atoms with Gasteiger partial charge in [-0.2, -0.15) is 17.4 Å². The van der Waals surface area contributed by atoms with Crippen molar-refractivity contribution in [2.24, 2.45) is 0 Å². The Labute approximate surface area is 145 Å². The molecule has 0 aliphatic carbocycles. The van der Waals surface area contributed by atoms with E-state index in [0.29, 0.717) is 26.2 Å². The lowest BCUT2D eigenvalue weighted by Crippen LogP contribution is -2.46. The lowest BCUT2D eigenvalue weighted by molar-refractivity contribution is 0.0381. The highest BCUT2D eigenvalue weighted by molar-refractivity contribution is 7.87. The summed E-state index contributed by atoms with van der Waals surface area (Å²) in [6.07, 6.45) is 3.16. The maximum absolute atomic E-state index is 12.6. The summed E-state index contributed by atoms with van der Waals surface area (Å²) >= 11 is 0. The summed E-state index contributed by atoms with van der Waals surface area (Å²) in [5, 5.41) is 0. The summed E-state index contributed by atoms with van der Waals surface area (Å²) in [5.74, 6) is 0. The van der Waals surface area contributed by atoms with Gasteiger partial charge in [0, 0.05) is 32.8 Å². The Morgan fingerprint density at radius 1 is 1.08 bits per heavy atom. The Balaban J connectivity index is 1.58. The molecule has 2 aliphatic rings. The van der Waals surface area contributed by atoms with Crippen LogP contribution in [0.15, 0.2) is 30.3 Å². The van der Waals surface area contributed by atoms with Crippen LogP contribution < -0.4 is 4.72 Å². The smallest absolute Gasteiger partial charge is 0.279 e. The summed E-state index contributed by atoms with van der Waals surface area (Å²) in [6, 6.07) is 9.59. The zero-order valence-corrected chi connectivity index (χ0v) is 14.9. The monoisotopic (exact) mass is 353 g/mol. The first kappa shape index (κ1) is 17.8. The lowest BCUT2D eigenvalue weighted by atomic mass is 10.2. The normalized spacial score (nSPS) is 24.1. The Morgan fingerprint density at radius 2 is 1.83 bits per heavy atom. The van der Waals surface area contributed by atoms with Crippen molar-refractivity contribution in [1.29, 1.82) is 0 Å². The molecule has 1 aromatic rings. The van der Waals surface area contributed by atoms with Gasteiger partial charge in [0.1, 0.15) is 0 Å². The van der Waals surface area contributed by atoms with Gasteiger partial charge in [0.25, 0.3) is 10.2 Å². The average Bonchev–Trinajstić information content (AvgIpc) is 2.97. The van der Waals surface area contributed by atoms with E-state index in [1.165, 1.54) is 12.8 Å². The molecule has 0 amide bonds. The molecule has 0 bridgehead atoms. The molecule has 1 aromatic carbocycles. The van der Waals surface area contributed by atoms with E-state index in [4.69, 9.17) is 4.74 Å². The fraction of sp³-hybridized carbons (Fsp3) is 0.647. The van der Waals surface area contributed by atoms with Crippen LogP contribution in [0.2, 0.25) is 0 Å². The molecule has 3 rings (SSSR count). The second kappa shape index (κ2) is 8.40. The highest BCUT2D eigenvalue weighted by atomic mass is 32.2. The van der Waals surface area contributed by atoms with Crippen molar-refractivity contribution < 1.29 is 13.2 Å². The van der Waals surface area contributed by atoms with Crippen molar-refractivity contribution in [2.75, 3.05) is 39.3 Å². The van der Waals surface area contributed by atoms with Gasteiger partial charge in [-0.05, 0) is 37.9 Å². The quantitative estimate of drug-likeness (QED) is 0.835. The van der Waals surface area contributed by atoms with Gasteiger partial charge in [0.15, 0.2) is 0 Å². The fourth-order valence-electron chi connectivity index (χ4n) is 3.31. The van der Waals surface area contributed by atoms with Crippen molar-refractivity contribution in [3.05, 3.63) is 35.9 Å². The maximum atomic E-state index is 12.6. The zero-order valence-electron chi connectivity index (χ0n) is 14.1. The van der Waals surface area contributed by atoms with Crippen LogP contribution in [0.1, 0.15) is 24.8 Å². The minimum absolute atomic E-state index is 0.0427. The van der Waals surface area contributed by atoms with E-state index in [1.54, 1.807) is 4.31 Å². The van der Waals surface area contributed by atoms with Crippen LogP contribution in [-0.2, 0) is 21.5 Å². The summed E-state index contributed by atoms with van der Waals surface area (Å²) in [4.78, 5) is 2.37. The molecule has 2 aliphatic heterocycles. The van der Waals surface area contributed by atoms with Gasteiger partial charge in [-0.1, -0.05) is 30.3 Å². The molecule has 24 heavy (non-hydrogen) atoms. The first-order chi connectivity index (χ1) is 11.6. The van der Waals surface area contributed by atoms with Gasteiger partial charge in [0.2, 0.25) is 0 Å². The SMILES string of the molecule is O=S(=O)(NCc1ccccc1)N1CCCO[C@@H](CN2CCCC2)C1. The molecular formula is C17H27N3O3S. The third-order valence-electron chi connectivity index (χ3n) is 4.61. The second-order valence-corrected chi connectivity index (χ2v) is 8.28. The number of hydrogen-bond acceptors (Lipinski definition) is 4.